The maximum atomic E-state index is 12.4. The molecular weight excluding hydrogens is 360 g/mol. The van der Waals surface area contributed by atoms with Crippen molar-refractivity contribution in [1.29, 1.82) is 0 Å². The van der Waals surface area contributed by atoms with Gasteiger partial charge in [0, 0.05) is 36.7 Å². The second-order valence-corrected chi connectivity index (χ2v) is 8.26. The highest BCUT2D eigenvalue weighted by atomic mass is 32.2. The number of benzene rings is 1. The Kier molecular flexibility index (Phi) is 7.59. The third kappa shape index (κ3) is 5.72. The quantitative estimate of drug-likeness (QED) is 0.544. The first-order chi connectivity index (χ1) is 13.2. The van der Waals surface area contributed by atoms with Crippen molar-refractivity contribution in [2.24, 2.45) is 5.92 Å². The van der Waals surface area contributed by atoms with Crippen LogP contribution in [0.5, 0.6) is 0 Å². The average Bonchev–Trinajstić information content (AvgIpc) is 3.10. The first-order valence-electron chi connectivity index (χ1n) is 10.0. The minimum absolute atomic E-state index is 0.0210. The van der Waals surface area contributed by atoms with Crippen LogP contribution in [-0.2, 0) is 14.3 Å². The van der Waals surface area contributed by atoms with E-state index in [9.17, 15) is 9.59 Å². The van der Waals surface area contributed by atoms with Crippen molar-refractivity contribution >= 4 is 29.3 Å². The summed E-state index contributed by atoms with van der Waals surface area (Å²) in [6.45, 7) is 1.77. The van der Waals surface area contributed by atoms with Crippen LogP contribution in [0.1, 0.15) is 44.9 Å². The van der Waals surface area contributed by atoms with Gasteiger partial charge in [-0.1, -0.05) is 19.3 Å². The van der Waals surface area contributed by atoms with Crippen molar-refractivity contribution < 1.29 is 14.3 Å². The molecule has 0 aromatic heterocycles. The van der Waals surface area contributed by atoms with E-state index in [1.54, 1.807) is 16.7 Å². The van der Waals surface area contributed by atoms with Crippen LogP contribution in [-0.4, -0.2) is 43.9 Å². The molecule has 6 heteroatoms. The molecule has 5 nitrogen and oxygen atoms in total. The largest absolute Gasteiger partial charge is 0.378 e. The highest BCUT2D eigenvalue weighted by molar-refractivity contribution is 7.98. The fourth-order valence-corrected chi connectivity index (χ4v) is 4.21. The van der Waals surface area contributed by atoms with E-state index >= 15 is 0 Å². The standard InChI is InChI=1S/C21H30N2O3S/c1-27-19-10-8-17(9-11-19)23-15-16(14-20(23)24)21(25)22-12-5-13-26-18-6-3-2-4-7-18/h8-11,16,18H,2-7,12-15H2,1H3,(H,22,25)/t16-/m0/s1. The molecule has 2 fully saturated rings. The summed E-state index contributed by atoms with van der Waals surface area (Å²) in [4.78, 5) is 27.6. The van der Waals surface area contributed by atoms with Gasteiger partial charge in [0.05, 0.1) is 12.0 Å². The van der Waals surface area contributed by atoms with Crippen molar-refractivity contribution in [1.82, 2.24) is 5.32 Å². The van der Waals surface area contributed by atoms with E-state index in [-0.39, 0.29) is 24.2 Å². The van der Waals surface area contributed by atoms with Crippen LogP contribution in [0.2, 0.25) is 0 Å². The molecule has 2 amide bonds. The van der Waals surface area contributed by atoms with Crippen molar-refractivity contribution in [2.45, 2.75) is 55.9 Å². The molecule has 1 aliphatic heterocycles. The molecule has 1 heterocycles. The minimum Gasteiger partial charge on any atom is -0.378 e. The van der Waals surface area contributed by atoms with Gasteiger partial charge in [-0.2, -0.15) is 0 Å². The fraction of sp³-hybridized carbons (Fsp3) is 0.619. The molecule has 1 saturated carbocycles. The van der Waals surface area contributed by atoms with Gasteiger partial charge in [-0.25, -0.2) is 0 Å². The third-order valence-corrected chi connectivity index (χ3v) is 6.15. The summed E-state index contributed by atoms with van der Waals surface area (Å²) in [5, 5.41) is 2.97. The van der Waals surface area contributed by atoms with Gasteiger partial charge in [-0.3, -0.25) is 9.59 Å². The highest BCUT2D eigenvalue weighted by Crippen LogP contribution is 2.27. The Hall–Kier alpha value is -1.53. The predicted molar refractivity (Wildman–Crippen MR) is 109 cm³/mol. The van der Waals surface area contributed by atoms with Crippen molar-refractivity contribution in [3.63, 3.8) is 0 Å². The Morgan fingerprint density at radius 1 is 1.22 bits per heavy atom. The molecule has 3 rings (SSSR count). The second kappa shape index (κ2) is 10.1. The maximum Gasteiger partial charge on any atom is 0.227 e. The number of nitrogens with one attached hydrogen (secondary N) is 1. The molecule has 0 bridgehead atoms. The summed E-state index contributed by atoms with van der Waals surface area (Å²) in [6.07, 6.45) is 9.76. The molecule has 2 aliphatic rings. The van der Waals surface area contributed by atoms with E-state index < -0.39 is 0 Å². The lowest BCUT2D eigenvalue weighted by Gasteiger charge is -2.22. The minimum atomic E-state index is -0.267. The monoisotopic (exact) mass is 390 g/mol. The zero-order chi connectivity index (χ0) is 19.1. The number of anilines is 1. The number of amides is 2. The number of hydrogen-bond acceptors (Lipinski definition) is 4. The Morgan fingerprint density at radius 3 is 2.67 bits per heavy atom. The van der Waals surface area contributed by atoms with Crippen LogP contribution >= 0.6 is 11.8 Å². The first kappa shape index (κ1) is 20.2. The Balaban J connectivity index is 1.38. The van der Waals surface area contributed by atoms with Crippen LogP contribution in [0.4, 0.5) is 5.69 Å². The number of carbonyl (C=O) groups excluding carboxylic acids is 2. The Labute approximate surface area is 166 Å². The van der Waals surface area contributed by atoms with Gasteiger partial charge >= 0.3 is 0 Å². The smallest absolute Gasteiger partial charge is 0.227 e. The van der Waals surface area contributed by atoms with E-state index in [4.69, 9.17) is 4.74 Å². The molecule has 148 valence electrons. The van der Waals surface area contributed by atoms with Crippen LogP contribution in [0, 0.1) is 5.92 Å². The van der Waals surface area contributed by atoms with Crippen molar-refractivity contribution in [2.75, 3.05) is 30.9 Å². The maximum absolute atomic E-state index is 12.4. The lowest BCUT2D eigenvalue weighted by atomic mass is 9.98. The predicted octanol–water partition coefficient (Wildman–Crippen LogP) is 3.62. The summed E-state index contributed by atoms with van der Waals surface area (Å²) in [5.41, 5.74) is 0.869. The van der Waals surface area contributed by atoms with Crippen LogP contribution in [0.15, 0.2) is 29.2 Å². The zero-order valence-corrected chi connectivity index (χ0v) is 16.9. The Morgan fingerprint density at radius 2 is 1.96 bits per heavy atom. The fourth-order valence-electron chi connectivity index (χ4n) is 3.80. The number of ether oxygens (including phenoxy) is 1. The number of carbonyl (C=O) groups is 2. The topological polar surface area (TPSA) is 58.6 Å². The number of thioether (sulfide) groups is 1. The van der Waals surface area contributed by atoms with Gasteiger partial charge in [0.1, 0.15) is 0 Å². The van der Waals surface area contributed by atoms with Crippen molar-refractivity contribution in [3.05, 3.63) is 24.3 Å². The molecule has 1 saturated heterocycles. The third-order valence-electron chi connectivity index (χ3n) is 5.41. The second-order valence-electron chi connectivity index (χ2n) is 7.38. The van der Waals surface area contributed by atoms with E-state index in [2.05, 4.69) is 5.32 Å². The van der Waals surface area contributed by atoms with Gasteiger partial charge in [0.25, 0.3) is 0 Å². The summed E-state index contributed by atoms with van der Waals surface area (Å²) in [6, 6.07) is 7.92. The van der Waals surface area contributed by atoms with E-state index in [0.29, 0.717) is 25.8 Å². The number of nitrogens with zero attached hydrogens (tertiary/aromatic N) is 1. The van der Waals surface area contributed by atoms with Gasteiger partial charge in [0.15, 0.2) is 0 Å². The van der Waals surface area contributed by atoms with Gasteiger partial charge < -0.3 is 15.0 Å². The zero-order valence-electron chi connectivity index (χ0n) is 16.1. The van der Waals surface area contributed by atoms with Crippen LogP contribution < -0.4 is 10.2 Å². The summed E-state index contributed by atoms with van der Waals surface area (Å²) in [7, 11) is 0. The van der Waals surface area contributed by atoms with Crippen LogP contribution in [0.25, 0.3) is 0 Å². The lowest BCUT2D eigenvalue weighted by molar-refractivity contribution is -0.126. The van der Waals surface area contributed by atoms with E-state index in [1.807, 2.05) is 30.5 Å². The molecule has 1 N–H and O–H groups in total. The summed E-state index contributed by atoms with van der Waals surface area (Å²) in [5.74, 6) is -0.270. The van der Waals surface area contributed by atoms with E-state index in [1.165, 1.54) is 32.1 Å². The SMILES string of the molecule is CSc1ccc(N2C[C@@H](C(=O)NCCCOC3CCCCC3)CC2=O)cc1. The lowest BCUT2D eigenvalue weighted by Crippen LogP contribution is -2.34. The van der Waals surface area contributed by atoms with E-state index in [0.717, 1.165) is 17.0 Å². The number of hydrogen-bond donors (Lipinski definition) is 1. The van der Waals surface area contributed by atoms with Crippen molar-refractivity contribution in [3.8, 4) is 0 Å². The molecule has 27 heavy (non-hydrogen) atoms. The molecule has 1 atom stereocenters. The normalized spacial score (nSPS) is 20.9. The molecule has 1 aromatic rings. The van der Waals surface area contributed by atoms with Gasteiger partial charge in [-0.15, -0.1) is 11.8 Å². The molecule has 1 aliphatic carbocycles. The highest BCUT2D eigenvalue weighted by Gasteiger charge is 2.34. The molecule has 0 radical (unpaired) electrons. The van der Waals surface area contributed by atoms with Gasteiger partial charge in [0.2, 0.25) is 11.8 Å². The molecule has 0 spiro atoms. The van der Waals surface area contributed by atoms with Gasteiger partial charge in [-0.05, 0) is 49.8 Å². The molecule has 1 aromatic carbocycles. The molecule has 0 unspecified atom stereocenters. The summed E-state index contributed by atoms with van der Waals surface area (Å²) < 4.78 is 5.89. The van der Waals surface area contributed by atoms with Crippen LogP contribution in [0.3, 0.4) is 0 Å². The number of rotatable bonds is 8. The molecular formula is C21H30N2O3S. The first-order valence-corrected chi connectivity index (χ1v) is 11.2. The Bertz CT molecular complexity index is 629. The average molecular weight is 391 g/mol. The summed E-state index contributed by atoms with van der Waals surface area (Å²) >= 11 is 1.67.